The number of carbonyl (C=O) groups is 1. The summed E-state index contributed by atoms with van der Waals surface area (Å²) in [6, 6.07) is 7.53. The molecule has 1 aliphatic heterocycles. The van der Waals surface area contributed by atoms with Crippen LogP contribution >= 0.6 is 0 Å². The normalized spacial score (nSPS) is 15.5. The van der Waals surface area contributed by atoms with Crippen LogP contribution in [0, 0.1) is 5.92 Å². The molecule has 5 heteroatoms. The van der Waals surface area contributed by atoms with E-state index in [-0.39, 0.29) is 5.91 Å². The molecule has 1 aliphatic rings. The van der Waals surface area contributed by atoms with Crippen LogP contribution in [0.4, 0.5) is 0 Å². The van der Waals surface area contributed by atoms with E-state index in [1.807, 2.05) is 29.2 Å². The van der Waals surface area contributed by atoms with Gasteiger partial charge in [0.15, 0.2) is 0 Å². The molecule has 23 heavy (non-hydrogen) atoms. The van der Waals surface area contributed by atoms with Crippen molar-refractivity contribution in [3.63, 3.8) is 0 Å². The van der Waals surface area contributed by atoms with Crippen molar-refractivity contribution in [1.82, 2.24) is 10.2 Å². The predicted molar refractivity (Wildman–Crippen MR) is 91.0 cm³/mol. The second kappa shape index (κ2) is 9.40. The van der Waals surface area contributed by atoms with Crippen LogP contribution in [0.25, 0.3) is 0 Å². The lowest BCUT2D eigenvalue weighted by molar-refractivity contribution is -0.132. The molecule has 0 radical (unpaired) electrons. The van der Waals surface area contributed by atoms with Crippen LogP contribution in [0.3, 0.4) is 0 Å². The molecule has 0 saturated carbocycles. The van der Waals surface area contributed by atoms with Gasteiger partial charge in [0.05, 0.1) is 7.11 Å². The van der Waals surface area contributed by atoms with Crippen LogP contribution in [0.2, 0.25) is 0 Å². The maximum absolute atomic E-state index is 12.1. The van der Waals surface area contributed by atoms with Crippen LogP contribution in [-0.4, -0.2) is 50.7 Å². The summed E-state index contributed by atoms with van der Waals surface area (Å²) >= 11 is 0. The van der Waals surface area contributed by atoms with E-state index in [0.29, 0.717) is 19.6 Å². The predicted octanol–water partition coefficient (Wildman–Crippen LogP) is 2.31. The fraction of sp³-hybridized carbons (Fsp3) is 0.611. The fourth-order valence-electron chi connectivity index (χ4n) is 2.65. The summed E-state index contributed by atoms with van der Waals surface area (Å²) in [7, 11) is 1.64. The summed E-state index contributed by atoms with van der Waals surface area (Å²) in [6.45, 7) is 6.11. The first-order chi connectivity index (χ1) is 11.2. The van der Waals surface area contributed by atoms with Crippen LogP contribution in [-0.2, 0) is 4.79 Å². The third-order valence-electron chi connectivity index (χ3n) is 4.26. The SMILES string of the molecule is COc1ccc(OCCNCCC(=O)N2CCC(C)CC2)cc1. The van der Waals surface area contributed by atoms with Gasteiger partial charge in [0.25, 0.3) is 0 Å². The summed E-state index contributed by atoms with van der Waals surface area (Å²) < 4.78 is 10.7. The Balaban J connectivity index is 1.52. The number of amides is 1. The number of carbonyl (C=O) groups excluding carboxylic acids is 1. The van der Waals surface area contributed by atoms with Crippen molar-refractivity contribution in [1.29, 1.82) is 0 Å². The number of nitrogens with one attached hydrogen (secondary N) is 1. The first kappa shape index (κ1) is 17.6. The Bertz CT molecular complexity index is 468. The first-order valence-corrected chi connectivity index (χ1v) is 8.44. The summed E-state index contributed by atoms with van der Waals surface area (Å²) in [6.07, 6.45) is 2.83. The number of rotatable bonds is 8. The number of likely N-dealkylation sites (tertiary alicyclic amines) is 1. The van der Waals surface area contributed by atoms with Gasteiger partial charge in [-0.3, -0.25) is 4.79 Å². The van der Waals surface area contributed by atoms with Gasteiger partial charge in [0, 0.05) is 32.6 Å². The number of hydrogen-bond acceptors (Lipinski definition) is 4. The number of nitrogens with zero attached hydrogens (tertiary/aromatic N) is 1. The molecule has 0 unspecified atom stereocenters. The van der Waals surface area contributed by atoms with Gasteiger partial charge in [-0.15, -0.1) is 0 Å². The molecule has 1 aromatic rings. The number of piperidine rings is 1. The molecule has 128 valence electrons. The minimum absolute atomic E-state index is 0.264. The molecule has 2 rings (SSSR count). The van der Waals surface area contributed by atoms with Crippen molar-refractivity contribution >= 4 is 5.91 Å². The lowest BCUT2D eigenvalue weighted by Crippen LogP contribution is -2.39. The second-order valence-corrected chi connectivity index (χ2v) is 6.09. The van der Waals surface area contributed by atoms with E-state index in [2.05, 4.69) is 12.2 Å². The highest BCUT2D eigenvalue weighted by Crippen LogP contribution is 2.17. The molecule has 1 saturated heterocycles. The molecular formula is C18H28N2O3. The van der Waals surface area contributed by atoms with Gasteiger partial charge in [-0.1, -0.05) is 6.92 Å². The van der Waals surface area contributed by atoms with E-state index in [0.717, 1.165) is 49.9 Å². The molecule has 0 aromatic heterocycles. The fourth-order valence-corrected chi connectivity index (χ4v) is 2.65. The highest BCUT2D eigenvalue weighted by molar-refractivity contribution is 5.76. The molecule has 0 bridgehead atoms. The second-order valence-electron chi connectivity index (χ2n) is 6.09. The van der Waals surface area contributed by atoms with Gasteiger partial charge in [0.2, 0.25) is 5.91 Å². The average molecular weight is 320 g/mol. The third-order valence-corrected chi connectivity index (χ3v) is 4.26. The van der Waals surface area contributed by atoms with E-state index < -0.39 is 0 Å². The van der Waals surface area contributed by atoms with Crippen molar-refractivity contribution < 1.29 is 14.3 Å². The quantitative estimate of drug-likeness (QED) is 0.747. The minimum Gasteiger partial charge on any atom is -0.497 e. The highest BCUT2D eigenvalue weighted by Gasteiger charge is 2.19. The van der Waals surface area contributed by atoms with Gasteiger partial charge in [0.1, 0.15) is 18.1 Å². The molecule has 5 nitrogen and oxygen atoms in total. The van der Waals surface area contributed by atoms with Crippen molar-refractivity contribution in [2.24, 2.45) is 5.92 Å². The Morgan fingerprint density at radius 2 is 1.83 bits per heavy atom. The smallest absolute Gasteiger partial charge is 0.223 e. The van der Waals surface area contributed by atoms with Crippen LogP contribution in [0.1, 0.15) is 26.2 Å². The molecule has 0 atom stereocenters. The van der Waals surface area contributed by atoms with E-state index in [1.165, 1.54) is 0 Å². The van der Waals surface area contributed by atoms with Crippen molar-refractivity contribution in [2.45, 2.75) is 26.2 Å². The monoisotopic (exact) mass is 320 g/mol. The Morgan fingerprint density at radius 3 is 2.48 bits per heavy atom. The van der Waals surface area contributed by atoms with Gasteiger partial charge in [-0.2, -0.15) is 0 Å². The summed E-state index contributed by atoms with van der Waals surface area (Å²) in [5.74, 6) is 2.67. The average Bonchev–Trinajstić information content (AvgIpc) is 2.59. The lowest BCUT2D eigenvalue weighted by Gasteiger charge is -2.30. The number of ether oxygens (including phenoxy) is 2. The maximum atomic E-state index is 12.1. The van der Waals surface area contributed by atoms with Crippen molar-refractivity contribution in [3.05, 3.63) is 24.3 Å². The number of hydrogen-bond donors (Lipinski definition) is 1. The molecule has 1 N–H and O–H groups in total. The topological polar surface area (TPSA) is 50.8 Å². The standard InChI is InChI=1S/C18H28N2O3/c1-15-8-12-20(13-9-15)18(21)7-10-19-11-14-23-17-5-3-16(22-2)4-6-17/h3-6,15,19H,7-14H2,1-2H3. The van der Waals surface area contributed by atoms with Crippen LogP contribution in [0.15, 0.2) is 24.3 Å². The molecule has 1 amide bonds. The van der Waals surface area contributed by atoms with Crippen molar-refractivity contribution in [3.8, 4) is 11.5 Å². The third kappa shape index (κ3) is 6.10. The van der Waals surface area contributed by atoms with Gasteiger partial charge in [-0.25, -0.2) is 0 Å². The molecule has 1 heterocycles. The Hall–Kier alpha value is -1.75. The summed E-state index contributed by atoms with van der Waals surface area (Å²) in [5.41, 5.74) is 0. The van der Waals surface area contributed by atoms with E-state index in [9.17, 15) is 4.79 Å². The van der Waals surface area contributed by atoms with Crippen LogP contribution < -0.4 is 14.8 Å². The lowest BCUT2D eigenvalue weighted by atomic mass is 9.99. The Labute approximate surface area is 139 Å². The van der Waals surface area contributed by atoms with Gasteiger partial charge in [-0.05, 0) is 43.0 Å². The van der Waals surface area contributed by atoms with E-state index >= 15 is 0 Å². The summed E-state index contributed by atoms with van der Waals surface area (Å²) in [5, 5.41) is 3.26. The van der Waals surface area contributed by atoms with Gasteiger partial charge >= 0.3 is 0 Å². The largest absolute Gasteiger partial charge is 0.497 e. The highest BCUT2D eigenvalue weighted by atomic mass is 16.5. The maximum Gasteiger partial charge on any atom is 0.223 e. The molecule has 0 spiro atoms. The van der Waals surface area contributed by atoms with E-state index in [1.54, 1.807) is 7.11 Å². The summed E-state index contributed by atoms with van der Waals surface area (Å²) in [4.78, 5) is 14.1. The molecule has 0 aliphatic carbocycles. The number of benzene rings is 1. The zero-order valence-corrected chi connectivity index (χ0v) is 14.2. The first-order valence-electron chi connectivity index (χ1n) is 8.44. The van der Waals surface area contributed by atoms with Gasteiger partial charge < -0.3 is 19.7 Å². The van der Waals surface area contributed by atoms with E-state index in [4.69, 9.17) is 9.47 Å². The van der Waals surface area contributed by atoms with Crippen molar-refractivity contribution in [2.75, 3.05) is 39.9 Å². The zero-order valence-electron chi connectivity index (χ0n) is 14.2. The molecule has 1 aromatic carbocycles. The molecule has 1 fully saturated rings. The number of methoxy groups -OCH3 is 1. The minimum atomic E-state index is 0.264. The van der Waals surface area contributed by atoms with Crippen LogP contribution in [0.5, 0.6) is 11.5 Å². The zero-order chi connectivity index (χ0) is 16.5. The Kier molecular flexibility index (Phi) is 7.20. The Morgan fingerprint density at radius 1 is 1.17 bits per heavy atom. The molecular weight excluding hydrogens is 292 g/mol.